The van der Waals surface area contributed by atoms with Gasteiger partial charge in [-0.2, -0.15) is 0 Å². The zero-order valence-corrected chi connectivity index (χ0v) is 28.5. The average Bonchev–Trinajstić information content (AvgIpc) is 2.90. The quantitative estimate of drug-likeness (QED) is 0.152. The molecule has 0 aromatic carbocycles. The Bertz CT molecular complexity index is 860. The highest BCUT2D eigenvalue weighted by atomic mass is 16.4. The summed E-state index contributed by atoms with van der Waals surface area (Å²) in [5.41, 5.74) is 1.41. The first-order valence-corrected chi connectivity index (χ1v) is 12.3. The smallest absolute Gasteiger partial charge is 0.330 e. The number of carbonyl (C=O) groups is 8. The molecule has 0 saturated heterocycles. The second kappa shape index (κ2) is 36.9. The summed E-state index contributed by atoms with van der Waals surface area (Å²) in [6.45, 7) is 36.8. The van der Waals surface area contributed by atoms with Crippen molar-refractivity contribution in [3.63, 3.8) is 0 Å². The van der Waals surface area contributed by atoms with Crippen molar-refractivity contribution in [3.8, 4) is 0 Å². The molecule has 16 heteroatoms. The summed E-state index contributed by atoms with van der Waals surface area (Å²) in [5.74, 6) is -7.48. The zero-order valence-electron chi connectivity index (χ0n) is 28.5. The van der Waals surface area contributed by atoms with Crippen LogP contribution < -0.4 is 0 Å². The summed E-state index contributed by atoms with van der Waals surface area (Å²) in [5, 5.41) is 63.1. The molecule has 0 bridgehead atoms. The van der Waals surface area contributed by atoms with E-state index in [-0.39, 0.29) is 44.6 Å². The van der Waals surface area contributed by atoms with Crippen molar-refractivity contribution in [1.29, 1.82) is 0 Å². The molecular weight excluding hydrogens is 640 g/mol. The van der Waals surface area contributed by atoms with Gasteiger partial charge in [-0.05, 0) is 55.4 Å². The van der Waals surface area contributed by atoms with Gasteiger partial charge < -0.3 is 40.9 Å². The molecule has 0 spiro atoms. The van der Waals surface area contributed by atoms with Crippen LogP contribution in [0.25, 0.3) is 0 Å². The fourth-order valence-corrected chi connectivity index (χ4v) is 0. The van der Waals surface area contributed by atoms with Gasteiger partial charge in [0.05, 0.1) is 0 Å². The second-order valence-corrected chi connectivity index (χ2v) is 8.68. The van der Waals surface area contributed by atoms with Crippen molar-refractivity contribution >= 4 is 47.8 Å². The first-order chi connectivity index (χ1) is 21.1. The van der Waals surface area contributed by atoms with Crippen LogP contribution in [0.4, 0.5) is 0 Å². The minimum absolute atomic E-state index is 0.176. The molecule has 0 aromatic heterocycles. The van der Waals surface area contributed by atoms with Crippen LogP contribution in [-0.4, -0.2) is 88.6 Å². The van der Waals surface area contributed by atoms with E-state index in [1.54, 1.807) is 0 Å². The van der Waals surface area contributed by atoms with Crippen molar-refractivity contribution in [1.82, 2.24) is 0 Å². The van der Waals surface area contributed by atoms with Crippen LogP contribution in [-0.2, 0) is 38.4 Å². The van der Waals surface area contributed by atoms with Crippen LogP contribution >= 0.6 is 0 Å². The predicted molar refractivity (Wildman–Crippen MR) is 180 cm³/mol. The number of hydrogen-bond acceptors (Lipinski definition) is 8. The number of carboxylic acid groups (broad SMARTS) is 8. The summed E-state index contributed by atoms with van der Waals surface area (Å²) in [7, 11) is 0. The largest absolute Gasteiger partial charge is 0.478 e. The van der Waals surface area contributed by atoms with Gasteiger partial charge in [-0.25, -0.2) is 38.4 Å². The zero-order chi connectivity index (χ0) is 41.2. The van der Waals surface area contributed by atoms with E-state index in [0.717, 1.165) is 0 Å². The van der Waals surface area contributed by atoms with E-state index in [0.29, 0.717) is 0 Å². The van der Waals surface area contributed by atoms with Crippen molar-refractivity contribution in [2.24, 2.45) is 0 Å². The molecule has 0 amide bonds. The third kappa shape index (κ3) is 90.0. The van der Waals surface area contributed by atoms with E-state index < -0.39 is 47.8 Å². The molecule has 0 rings (SSSR count). The second-order valence-electron chi connectivity index (χ2n) is 8.68. The molecule has 0 aliphatic carbocycles. The van der Waals surface area contributed by atoms with Gasteiger partial charge in [0, 0.05) is 44.6 Å². The van der Waals surface area contributed by atoms with Gasteiger partial charge in [0.2, 0.25) is 0 Å². The minimum Gasteiger partial charge on any atom is -0.478 e. The van der Waals surface area contributed by atoms with Gasteiger partial charge >= 0.3 is 47.8 Å². The molecular formula is C32H48O16. The predicted octanol–water partition coefficient (Wildman–Crippen LogP) is 5.18. The Hall–Kier alpha value is -6.32. The summed E-state index contributed by atoms with van der Waals surface area (Å²) in [4.78, 5) is 76.8. The van der Waals surface area contributed by atoms with Crippen LogP contribution in [0.3, 0.4) is 0 Å². The number of hydrogen-bond donors (Lipinski definition) is 8. The van der Waals surface area contributed by atoms with Crippen molar-refractivity contribution in [3.05, 3.63) is 97.2 Å². The maximum atomic E-state index is 9.60. The van der Waals surface area contributed by atoms with Gasteiger partial charge in [0.25, 0.3) is 0 Å². The van der Waals surface area contributed by atoms with E-state index in [2.05, 4.69) is 52.6 Å². The van der Waals surface area contributed by atoms with Crippen molar-refractivity contribution in [2.45, 2.75) is 55.4 Å². The SMILES string of the molecule is C=C(C)C(=O)O.C=C(C)C(=O)O.C=C(C)C(=O)O.C=C(C)C(=O)O.C=C(C)C(=O)O.C=C(C)C(=O)O.C=C(C)C(=O)O.C=C(C)C(=O)O. The maximum absolute atomic E-state index is 9.60. The molecule has 0 atom stereocenters. The molecule has 0 heterocycles. The van der Waals surface area contributed by atoms with E-state index in [9.17, 15) is 38.4 Å². The van der Waals surface area contributed by atoms with Crippen LogP contribution in [0.5, 0.6) is 0 Å². The Morgan fingerprint density at radius 1 is 0.229 bits per heavy atom. The van der Waals surface area contributed by atoms with Gasteiger partial charge in [0.15, 0.2) is 0 Å². The summed E-state index contributed by atoms with van der Waals surface area (Å²) in [6, 6.07) is 0. The van der Waals surface area contributed by atoms with Gasteiger partial charge in [-0.15, -0.1) is 0 Å². The van der Waals surface area contributed by atoms with E-state index in [1.807, 2.05) is 0 Å². The highest BCUT2D eigenvalue weighted by Gasteiger charge is 1.93. The van der Waals surface area contributed by atoms with Crippen LogP contribution in [0.15, 0.2) is 97.2 Å². The standard InChI is InChI=1S/8C4H6O2/c8*1-3(2)4(5)6/h8*1H2,2H3,(H,5,6). The van der Waals surface area contributed by atoms with Gasteiger partial charge in [0.1, 0.15) is 0 Å². The fourth-order valence-electron chi connectivity index (χ4n) is 0. The van der Waals surface area contributed by atoms with Crippen molar-refractivity contribution < 1.29 is 79.2 Å². The minimum atomic E-state index is -0.935. The average molecular weight is 689 g/mol. The third-order valence-electron chi connectivity index (χ3n) is 2.92. The Kier molecular flexibility index (Phi) is 46.7. The molecule has 16 nitrogen and oxygen atoms in total. The lowest BCUT2D eigenvalue weighted by molar-refractivity contribution is -0.133. The first-order valence-electron chi connectivity index (χ1n) is 12.3. The number of rotatable bonds is 8. The van der Waals surface area contributed by atoms with E-state index in [1.165, 1.54) is 55.4 Å². The Labute approximate surface area is 279 Å². The normalized spacial score (nSPS) is 7.50. The summed E-state index contributed by atoms with van der Waals surface area (Å²) in [6.07, 6.45) is 0. The molecule has 48 heavy (non-hydrogen) atoms. The van der Waals surface area contributed by atoms with E-state index in [4.69, 9.17) is 40.9 Å². The first kappa shape index (κ1) is 60.8. The topological polar surface area (TPSA) is 298 Å². The fraction of sp³-hybridized carbons (Fsp3) is 0.250. The van der Waals surface area contributed by atoms with Crippen LogP contribution in [0, 0.1) is 0 Å². The molecule has 0 radical (unpaired) electrons. The van der Waals surface area contributed by atoms with E-state index >= 15 is 0 Å². The van der Waals surface area contributed by atoms with Crippen LogP contribution in [0.1, 0.15) is 55.4 Å². The molecule has 272 valence electrons. The highest BCUT2D eigenvalue weighted by molar-refractivity contribution is 5.87. The lowest BCUT2D eigenvalue weighted by atomic mass is 10.4. The Morgan fingerprint density at radius 3 is 0.250 bits per heavy atom. The molecule has 8 N–H and O–H groups in total. The van der Waals surface area contributed by atoms with Crippen molar-refractivity contribution in [2.75, 3.05) is 0 Å². The van der Waals surface area contributed by atoms with Gasteiger partial charge in [-0.1, -0.05) is 52.6 Å². The van der Waals surface area contributed by atoms with Gasteiger partial charge in [-0.3, -0.25) is 0 Å². The summed E-state index contributed by atoms with van der Waals surface area (Å²) >= 11 is 0. The third-order valence-corrected chi connectivity index (χ3v) is 2.92. The number of carboxylic acids is 8. The Balaban J connectivity index is -0.0000000635. The number of aliphatic carboxylic acids is 8. The Morgan fingerprint density at radius 2 is 0.250 bits per heavy atom. The summed E-state index contributed by atoms with van der Waals surface area (Å²) < 4.78 is 0. The molecule has 0 aliphatic heterocycles. The highest BCUT2D eigenvalue weighted by Crippen LogP contribution is 1.84. The molecule has 0 unspecified atom stereocenters. The molecule has 0 aliphatic rings. The monoisotopic (exact) mass is 688 g/mol. The maximum Gasteiger partial charge on any atom is 0.330 e. The lowest BCUT2D eigenvalue weighted by Gasteiger charge is -1.79. The molecule has 0 saturated carbocycles. The van der Waals surface area contributed by atoms with Crippen LogP contribution in [0.2, 0.25) is 0 Å². The molecule has 0 fully saturated rings. The lowest BCUT2D eigenvalue weighted by Crippen LogP contribution is -1.92. The molecule has 0 aromatic rings.